The first-order valence-electron chi connectivity index (χ1n) is 7.01. The lowest BCUT2D eigenvalue weighted by molar-refractivity contribution is -0.115. The van der Waals surface area contributed by atoms with Gasteiger partial charge in [-0.15, -0.1) is 0 Å². The highest BCUT2D eigenvalue weighted by Crippen LogP contribution is 2.15. The monoisotopic (exact) mass is 317 g/mol. The summed E-state index contributed by atoms with van der Waals surface area (Å²) in [4.78, 5) is 12.1. The van der Waals surface area contributed by atoms with E-state index in [2.05, 4.69) is 5.32 Å². The first-order valence-corrected chi connectivity index (χ1v) is 8.73. The Labute approximate surface area is 131 Å². The zero-order chi connectivity index (χ0) is 16.2. The molecule has 2 rings (SSSR count). The lowest BCUT2D eigenvalue weighted by Crippen LogP contribution is -2.33. The van der Waals surface area contributed by atoms with E-state index in [1.165, 1.54) is 6.92 Å². The molecule has 5 heteroatoms. The average Bonchev–Trinajstić information content (AvgIpc) is 2.47. The number of benzene rings is 2. The Morgan fingerprint density at radius 3 is 2.41 bits per heavy atom. The van der Waals surface area contributed by atoms with Crippen LogP contribution in [0.1, 0.15) is 18.1 Å². The summed E-state index contributed by atoms with van der Waals surface area (Å²) in [6.45, 7) is 3.32. The van der Waals surface area contributed by atoms with Crippen LogP contribution >= 0.6 is 0 Å². The molecule has 0 saturated heterocycles. The van der Waals surface area contributed by atoms with Gasteiger partial charge in [0, 0.05) is 5.69 Å². The molecule has 22 heavy (non-hydrogen) atoms. The van der Waals surface area contributed by atoms with Crippen molar-refractivity contribution in [3.8, 4) is 0 Å². The Morgan fingerprint density at radius 1 is 1.09 bits per heavy atom. The molecule has 116 valence electrons. The van der Waals surface area contributed by atoms with E-state index in [0.29, 0.717) is 11.3 Å². The van der Waals surface area contributed by atoms with Crippen LogP contribution in [0.5, 0.6) is 0 Å². The molecule has 0 fully saturated rings. The number of carbonyl (C=O) groups is 1. The van der Waals surface area contributed by atoms with E-state index in [-0.39, 0.29) is 5.75 Å². The number of hydrogen-bond donors (Lipinski definition) is 1. The summed E-state index contributed by atoms with van der Waals surface area (Å²) in [5.41, 5.74) is 2.28. The minimum Gasteiger partial charge on any atom is -0.325 e. The van der Waals surface area contributed by atoms with E-state index < -0.39 is 21.0 Å². The summed E-state index contributed by atoms with van der Waals surface area (Å²) >= 11 is 0. The molecule has 0 aliphatic rings. The van der Waals surface area contributed by atoms with Gasteiger partial charge in [0.15, 0.2) is 9.84 Å². The summed E-state index contributed by atoms with van der Waals surface area (Å²) in [7, 11) is -3.56. The minimum atomic E-state index is -3.56. The summed E-state index contributed by atoms with van der Waals surface area (Å²) in [5, 5.41) is 1.52. The molecular weight excluding hydrogens is 298 g/mol. The average molecular weight is 317 g/mol. The number of carbonyl (C=O) groups excluding carboxylic acids is 1. The van der Waals surface area contributed by atoms with E-state index >= 15 is 0 Å². The van der Waals surface area contributed by atoms with E-state index in [4.69, 9.17) is 0 Å². The third kappa shape index (κ3) is 4.18. The fraction of sp³-hybridized carbons (Fsp3) is 0.235. The van der Waals surface area contributed by atoms with Gasteiger partial charge >= 0.3 is 0 Å². The first-order chi connectivity index (χ1) is 10.4. The molecule has 0 radical (unpaired) electrons. The van der Waals surface area contributed by atoms with Gasteiger partial charge in [-0.25, -0.2) is 8.42 Å². The molecule has 0 aromatic heterocycles. The van der Waals surface area contributed by atoms with Gasteiger partial charge in [0.25, 0.3) is 0 Å². The predicted octanol–water partition coefficient (Wildman–Crippen LogP) is 2.94. The van der Waals surface area contributed by atoms with Gasteiger partial charge in [0.05, 0.1) is 5.75 Å². The van der Waals surface area contributed by atoms with Crippen LogP contribution in [-0.4, -0.2) is 19.6 Å². The summed E-state index contributed by atoms with van der Waals surface area (Å²) in [6.07, 6.45) is 0. The second-order valence-electron chi connectivity index (χ2n) is 5.29. The summed E-state index contributed by atoms with van der Waals surface area (Å²) in [5.74, 6) is -0.656. The Morgan fingerprint density at radius 2 is 1.77 bits per heavy atom. The van der Waals surface area contributed by atoms with Crippen LogP contribution in [0.15, 0.2) is 54.6 Å². The minimum absolute atomic E-state index is 0.141. The highest BCUT2D eigenvalue weighted by atomic mass is 32.2. The number of para-hydroxylation sites is 1. The highest BCUT2D eigenvalue weighted by Gasteiger charge is 2.28. The van der Waals surface area contributed by atoms with Crippen molar-refractivity contribution in [1.82, 2.24) is 0 Å². The molecule has 2 aromatic carbocycles. The number of aryl methyl sites for hydroxylation is 1. The van der Waals surface area contributed by atoms with E-state index in [9.17, 15) is 13.2 Å². The third-order valence-corrected chi connectivity index (χ3v) is 5.43. The Bertz CT molecular complexity index is 754. The molecule has 0 saturated carbocycles. The van der Waals surface area contributed by atoms with Gasteiger partial charge in [-0.1, -0.05) is 48.0 Å². The lowest BCUT2D eigenvalue weighted by atomic mass is 10.2. The second-order valence-corrected chi connectivity index (χ2v) is 7.62. The van der Waals surface area contributed by atoms with Crippen LogP contribution in [0.3, 0.4) is 0 Å². The maximum absolute atomic E-state index is 12.4. The SMILES string of the molecule is Cc1cccc(CS(=O)(=O)C(C)C(=O)Nc2ccccc2)c1. The quantitative estimate of drug-likeness (QED) is 0.922. The van der Waals surface area contributed by atoms with Crippen LogP contribution in [0.4, 0.5) is 5.69 Å². The van der Waals surface area contributed by atoms with Crippen LogP contribution in [-0.2, 0) is 20.4 Å². The molecule has 0 aliphatic carbocycles. The van der Waals surface area contributed by atoms with Crippen molar-refractivity contribution in [2.24, 2.45) is 0 Å². The van der Waals surface area contributed by atoms with Gasteiger partial charge in [-0.2, -0.15) is 0 Å². The maximum atomic E-state index is 12.4. The van der Waals surface area contributed by atoms with Crippen molar-refractivity contribution in [2.75, 3.05) is 5.32 Å². The molecule has 1 unspecified atom stereocenters. The number of sulfone groups is 1. The fourth-order valence-electron chi connectivity index (χ4n) is 2.09. The van der Waals surface area contributed by atoms with Gasteiger partial charge in [0.1, 0.15) is 5.25 Å². The van der Waals surface area contributed by atoms with Crippen LogP contribution in [0, 0.1) is 6.92 Å². The maximum Gasteiger partial charge on any atom is 0.242 e. The zero-order valence-corrected chi connectivity index (χ0v) is 13.4. The fourth-order valence-corrected chi connectivity index (χ4v) is 3.37. The zero-order valence-electron chi connectivity index (χ0n) is 12.6. The molecule has 0 bridgehead atoms. The standard InChI is InChI=1S/C17H19NO3S/c1-13-7-6-8-15(11-13)12-22(20,21)14(2)17(19)18-16-9-4-3-5-10-16/h3-11,14H,12H2,1-2H3,(H,18,19). The van der Waals surface area contributed by atoms with Crippen molar-refractivity contribution >= 4 is 21.4 Å². The third-order valence-electron chi connectivity index (χ3n) is 3.40. The van der Waals surface area contributed by atoms with Crippen LogP contribution in [0.2, 0.25) is 0 Å². The Balaban J connectivity index is 2.09. The van der Waals surface area contributed by atoms with Gasteiger partial charge in [-0.3, -0.25) is 4.79 Å². The van der Waals surface area contributed by atoms with Crippen molar-refractivity contribution < 1.29 is 13.2 Å². The van der Waals surface area contributed by atoms with Crippen LogP contribution in [0.25, 0.3) is 0 Å². The Kier molecular flexibility index (Phi) is 4.98. The normalized spacial score (nSPS) is 12.6. The van der Waals surface area contributed by atoms with E-state index in [1.807, 2.05) is 31.2 Å². The number of amides is 1. The largest absolute Gasteiger partial charge is 0.325 e. The van der Waals surface area contributed by atoms with Crippen molar-refractivity contribution in [2.45, 2.75) is 24.9 Å². The molecule has 0 heterocycles. The number of hydrogen-bond acceptors (Lipinski definition) is 3. The molecule has 1 amide bonds. The Hall–Kier alpha value is -2.14. The lowest BCUT2D eigenvalue weighted by Gasteiger charge is -2.13. The summed E-state index contributed by atoms with van der Waals surface area (Å²) < 4.78 is 24.8. The van der Waals surface area contributed by atoms with Crippen LogP contribution < -0.4 is 5.32 Å². The van der Waals surface area contributed by atoms with Gasteiger partial charge in [0.2, 0.25) is 5.91 Å². The highest BCUT2D eigenvalue weighted by molar-refractivity contribution is 7.92. The smallest absolute Gasteiger partial charge is 0.242 e. The summed E-state index contributed by atoms with van der Waals surface area (Å²) in [6, 6.07) is 16.1. The van der Waals surface area contributed by atoms with Crippen molar-refractivity contribution in [3.05, 3.63) is 65.7 Å². The van der Waals surface area contributed by atoms with E-state index in [0.717, 1.165) is 5.56 Å². The van der Waals surface area contributed by atoms with Crippen molar-refractivity contribution in [1.29, 1.82) is 0 Å². The predicted molar refractivity (Wildman–Crippen MR) is 88.3 cm³/mol. The van der Waals surface area contributed by atoms with Crippen molar-refractivity contribution in [3.63, 3.8) is 0 Å². The second kappa shape index (κ2) is 6.75. The molecule has 4 nitrogen and oxygen atoms in total. The molecule has 1 atom stereocenters. The molecule has 0 spiro atoms. The molecule has 2 aromatic rings. The van der Waals surface area contributed by atoms with E-state index in [1.54, 1.807) is 30.3 Å². The molecule has 0 aliphatic heterocycles. The molecule has 1 N–H and O–H groups in total. The first kappa shape index (κ1) is 16.2. The number of rotatable bonds is 5. The van der Waals surface area contributed by atoms with Gasteiger partial charge in [-0.05, 0) is 31.5 Å². The number of nitrogens with one attached hydrogen (secondary N) is 1. The van der Waals surface area contributed by atoms with Gasteiger partial charge < -0.3 is 5.32 Å². The number of anilines is 1. The topological polar surface area (TPSA) is 63.2 Å². The molecular formula is C17H19NO3S.